The number of benzene rings is 1. The van der Waals surface area contributed by atoms with Crippen molar-refractivity contribution >= 4 is 50.3 Å². The van der Waals surface area contributed by atoms with Crippen LogP contribution in [-0.2, 0) is 0 Å². The van der Waals surface area contributed by atoms with Crippen LogP contribution in [0.15, 0.2) is 36.5 Å². The van der Waals surface area contributed by atoms with Crippen LogP contribution in [0.5, 0.6) is 0 Å². The van der Waals surface area contributed by atoms with Crippen LogP contribution in [0.25, 0.3) is 10.2 Å². The number of hydrogen-bond donors (Lipinski definition) is 1. The highest BCUT2D eigenvalue weighted by atomic mass is 32.1. The summed E-state index contributed by atoms with van der Waals surface area (Å²) in [6.45, 7) is -1.84. The standard InChI is InChI=1S/C23H27N5O2S/c1-15(29)21-20(24)19-18(9-10-25-22(19)31-21)28-12-4-11-27(13-14-28)17-7-5-16(6-8-17)23(30)26(2)3/h5-10H,4,11-14,24H2,1-3H3/i2D3,3D3. The minimum absolute atomic E-state index is 0.0131. The number of pyridine rings is 1. The highest BCUT2D eigenvalue weighted by Crippen LogP contribution is 2.39. The summed E-state index contributed by atoms with van der Waals surface area (Å²) >= 11 is 1.30. The first-order valence-corrected chi connectivity index (χ1v) is 10.7. The molecule has 0 spiro atoms. The molecule has 3 aromatic rings. The Balaban J connectivity index is 1.52. The molecule has 3 heterocycles. The Labute approximate surface area is 194 Å². The summed E-state index contributed by atoms with van der Waals surface area (Å²) in [5.41, 5.74) is 8.54. The van der Waals surface area contributed by atoms with E-state index in [0.717, 1.165) is 41.1 Å². The van der Waals surface area contributed by atoms with Gasteiger partial charge in [-0.15, -0.1) is 11.3 Å². The van der Waals surface area contributed by atoms with Crippen LogP contribution in [0.4, 0.5) is 17.1 Å². The van der Waals surface area contributed by atoms with Crippen molar-refractivity contribution in [3.8, 4) is 0 Å². The zero-order valence-electron chi connectivity index (χ0n) is 23.1. The summed E-state index contributed by atoms with van der Waals surface area (Å²) in [5, 5.41) is 0.794. The van der Waals surface area contributed by atoms with Crippen LogP contribution in [-0.4, -0.2) is 61.7 Å². The van der Waals surface area contributed by atoms with E-state index in [-0.39, 0.29) is 16.2 Å². The van der Waals surface area contributed by atoms with E-state index >= 15 is 0 Å². The van der Waals surface area contributed by atoms with E-state index < -0.39 is 19.9 Å². The lowest BCUT2D eigenvalue weighted by atomic mass is 10.1. The molecule has 0 aliphatic carbocycles. The van der Waals surface area contributed by atoms with Crippen LogP contribution < -0.4 is 15.5 Å². The SMILES string of the molecule is [2H]C([2H])([2H])N(C(=O)c1ccc(N2CCCN(c3ccnc4sc(C(C)=O)c(N)c34)CC2)cc1)C([2H])([2H])[2H]. The van der Waals surface area contributed by atoms with Crippen molar-refractivity contribution in [1.82, 2.24) is 9.88 Å². The van der Waals surface area contributed by atoms with E-state index in [1.807, 2.05) is 6.07 Å². The molecule has 2 aromatic heterocycles. The van der Waals surface area contributed by atoms with E-state index in [9.17, 15) is 9.59 Å². The predicted octanol–water partition coefficient (Wildman–Crippen LogP) is 3.50. The molecule has 8 heteroatoms. The van der Waals surface area contributed by atoms with Gasteiger partial charge in [0.2, 0.25) is 0 Å². The maximum Gasteiger partial charge on any atom is 0.253 e. The minimum Gasteiger partial charge on any atom is -0.397 e. The molecule has 1 fully saturated rings. The molecule has 1 amide bonds. The zero-order valence-corrected chi connectivity index (χ0v) is 17.9. The van der Waals surface area contributed by atoms with Gasteiger partial charge in [0.15, 0.2) is 5.78 Å². The van der Waals surface area contributed by atoms with Gasteiger partial charge in [0.25, 0.3) is 5.91 Å². The molecule has 0 saturated carbocycles. The Morgan fingerprint density at radius 3 is 2.52 bits per heavy atom. The molecule has 2 N–H and O–H groups in total. The van der Waals surface area contributed by atoms with Crippen molar-refractivity contribution in [2.45, 2.75) is 13.3 Å². The van der Waals surface area contributed by atoms with Crippen LogP contribution in [0, 0.1) is 0 Å². The molecule has 1 aromatic carbocycles. The van der Waals surface area contributed by atoms with Gasteiger partial charge in [-0.3, -0.25) is 9.59 Å². The monoisotopic (exact) mass is 443 g/mol. The molecule has 31 heavy (non-hydrogen) atoms. The van der Waals surface area contributed by atoms with Crippen molar-refractivity contribution in [3.05, 3.63) is 47.0 Å². The highest BCUT2D eigenvalue weighted by Gasteiger charge is 2.22. The molecule has 0 unspecified atom stereocenters. The summed E-state index contributed by atoms with van der Waals surface area (Å²) < 4.78 is 44.8. The number of rotatable bonds is 4. The molecule has 0 atom stereocenters. The van der Waals surface area contributed by atoms with E-state index in [1.165, 1.54) is 30.4 Å². The predicted molar refractivity (Wildman–Crippen MR) is 128 cm³/mol. The van der Waals surface area contributed by atoms with Crippen molar-refractivity contribution in [3.63, 3.8) is 0 Å². The average molecular weight is 444 g/mol. The molecule has 1 aliphatic heterocycles. The molecular formula is C23H27N5O2S. The smallest absolute Gasteiger partial charge is 0.253 e. The largest absolute Gasteiger partial charge is 0.397 e. The summed E-state index contributed by atoms with van der Waals surface area (Å²) in [6, 6.07) is 8.20. The minimum atomic E-state index is -3.09. The summed E-state index contributed by atoms with van der Waals surface area (Å²) in [5.74, 6) is -1.16. The van der Waals surface area contributed by atoms with Gasteiger partial charge in [-0.1, -0.05) is 0 Å². The van der Waals surface area contributed by atoms with Crippen LogP contribution >= 0.6 is 11.3 Å². The lowest BCUT2D eigenvalue weighted by Gasteiger charge is -2.25. The molecule has 0 bridgehead atoms. The topological polar surface area (TPSA) is 82.8 Å². The van der Waals surface area contributed by atoms with Crippen LogP contribution in [0.2, 0.25) is 0 Å². The number of nitrogens with two attached hydrogens (primary N) is 1. The summed E-state index contributed by atoms with van der Waals surface area (Å²) in [4.78, 5) is 34.7. The van der Waals surface area contributed by atoms with Crippen molar-refractivity contribution in [2.75, 3.05) is 55.7 Å². The normalized spacial score (nSPS) is 18.2. The first-order chi connectivity index (χ1) is 17.3. The second kappa shape index (κ2) is 8.55. The summed E-state index contributed by atoms with van der Waals surface area (Å²) in [7, 11) is 0. The van der Waals surface area contributed by atoms with E-state index in [4.69, 9.17) is 14.0 Å². The Morgan fingerprint density at radius 1 is 1.10 bits per heavy atom. The third-order valence-electron chi connectivity index (χ3n) is 5.45. The lowest BCUT2D eigenvalue weighted by molar-refractivity contribution is 0.0827. The van der Waals surface area contributed by atoms with Crippen LogP contribution in [0.1, 0.15) is 41.6 Å². The Bertz CT molecular complexity index is 1310. The number of carbonyl (C=O) groups is 2. The average Bonchev–Trinajstić information content (AvgIpc) is 2.98. The molecule has 7 nitrogen and oxygen atoms in total. The fraction of sp³-hybridized carbons (Fsp3) is 0.348. The molecular weight excluding hydrogens is 410 g/mol. The second-order valence-electron chi connectivity index (χ2n) is 7.43. The maximum atomic E-state index is 12.7. The molecule has 1 aliphatic rings. The van der Waals surface area contributed by atoms with Gasteiger partial charge in [0, 0.05) is 72.7 Å². The number of nitrogen functional groups attached to an aromatic ring is 1. The van der Waals surface area contributed by atoms with Gasteiger partial charge in [0.05, 0.1) is 21.6 Å². The van der Waals surface area contributed by atoms with Gasteiger partial charge >= 0.3 is 0 Å². The second-order valence-corrected chi connectivity index (χ2v) is 8.43. The lowest BCUT2D eigenvalue weighted by Crippen LogP contribution is -2.31. The molecule has 4 rings (SSSR count). The fourth-order valence-electron chi connectivity index (χ4n) is 3.91. The van der Waals surface area contributed by atoms with Crippen LogP contribution in [0.3, 0.4) is 0 Å². The Morgan fingerprint density at radius 2 is 1.81 bits per heavy atom. The number of anilines is 3. The number of thiophene rings is 1. The first kappa shape index (κ1) is 14.8. The van der Waals surface area contributed by atoms with E-state index in [1.54, 1.807) is 18.3 Å². The number of ketones is 1. The Hall–Kier alpha value is -3.13. The Kier molecular flexibility index (Phi) is 4.08. The highest BCUT2D eigenvalue weighted by molar-refractivity contribution is 7.21. The first-order valence-electron chi connectivity index (χ1n) is 12.9. The maximum absolute atomic E-state index is 12.7. The van der Waals surface area contributed by atoms with Gasteiger partial charge in [0.1, 0.15) is 4.83 Å². The third-order valence-corrected chi connectivity index (χ3v) is 6.66. The molecule has 0 radical (unpaired) electrons. The zero-order chi connectivity index (χ0) is 27.1. The number of aromatic nitrogens is 1. The number of amides is 1. The number of hydrogen-bond acceptors (Lipinski definition) is 7. The quantitative estimate of drug-likeness (QED) is 0.622. The van der Waals surface area contributed by atoms with Gasteiger partial charge < -0.3 is 20.4 Å². The number of fused-ring (bicyclic) bond motifs is 1. The molecule has 162 valence electrons. The van der Waals surface area contributed by atoms with Crippen molar-refractivity contribution < 1.29 is 17.8 Å². The fourth-order valence-corrected chi connectivity index (χ4v) is 4.89. The van der Waals surface area contributed by atoms with Crippen molar-refractivity contribution in [1.29, 1.82) is 0 Å². The van der Waals surface area contributed by atoms with Crippen molar-refractivity contribution in [2.24, 2.45) is 0 Å². The number of Topliss-reactive ketones (excluding diaryl/α,β-unsaturated/α-hetero) is 1. The number of nitrogens with zero attached hydrogens (tertiary/aromatic N) is 4. The van der Waals surface area contributed by atoms with E-state index in [0.29, 0.717) is 23.7 Å². The number of carbonyl (C=O) groups excluding carboxylic acids is 2. The third kappa shape index (κ3) is 4.07. The molecule has 1 saturated heterocycles. The van der Waals surface area contributed by atoms with Gasteiger partial charge in [-0.05, 0) is 36.8 Å². The summed E-state index contributed by atoms with van der Waals surface area (Å²) in [6.07, 6.45) is 2.55. The van der Waals surface area contributed by atoms with E-state index in [2.05, 4.69) is 14.8 Å². The van der Waals surface area contributed by atoms with Gasteiger partial charge in [-0.25, -0.2) is 4.98 Å². The van der Waals surface area contributed by atoms with Gasteiger partial charge in [-0.2, -0.15) is 0 Å².